The third-order valence-corrected chi connectivity index (χ3v) is 5.40. The summed E-state index contributed by atoms with van der Waals surface area (Å²) in [5, 5.41) is 1.99. The summed E-state index contributed by atoms with van der Waals surface area (Å²) in [4.78, 5) is 12.3. The minimum Gasteiger partial charge on any atom is -0.424 e. The maximum atomic E-state index is 12.5. The monoisotopic (exact) mass is 373 g/mol. The van der Waals surface area contributed by atoms with Crippen molar-refractivity contribution in [1.29, 1.82) is 0 Å². The van der Waals surface area contributed by atoms with Gasteiger partial charge < -0.3 is 10.5 Å². The first-order valence-corrected chi connectivity index (χ1v) is 9.52. The van der Waals surface area contributed by atoms with Crippen LogP contribution >= 0.6 is 0 Å². The van der Waals surface area contributed by atoms with E-state index in [2.05, 4.69) is 0 Å². The highest BCUT2D eigenvalue weighted by Crippen LogP contribution is 2.38. The minimum atomic E-state index is -4.44. The predicted molar refractivity (Wildman–Crippen MR) is 99.8 cm³/mol. The summed E-state index contributed by atoms with van der Waals surface area (Å²) < 4.78 is 38.7. The lowest BCUT2D eigenvalue weighted by molar-refractivity contribution is -0.139. The second kappa shape index (κ2) is 6.35. The number of hydrogen-bond acceptors (Lipinski definition) is 5. The molecule has 26 heavy (non-hydrogen) atoms. The molecule has 3 N–H and O–H groups in total. The molecule has 0 radical (unpaired) electrons. The first kappa shape index (κ1) is 18.3. The van der Waals surface area contributed by atoms with Crippen LogP contribution < -0.4 is 10.5 Å². The topological polar surface area (TPSA) is 107 Å². The van der Waals surface area contributed by atoms with Gasteiger partial charge in [0.1, 0.15) is 16.2 Å². The number of hydrogen-bond donors (Lipinski definition) is 2. The van der Waals surface area contributed by atoms with Crippen molar-refractivity contribution >= 4 is 37.6 Å². The van der Waals surface area contributed by atoms with Crippen LogP contribution in [-0.4, -0.2) is 24.5 Å². The summed E-state index contributed by atoms with van der Waals surface area (Å²) in [6.45, 7) is 3.35. The molecule has 0 heterocycles. The molecule has 0 amide bonds. The van der Waals surface area contributed by atoms with Gasteiger partial charge in [-0.1, -0.05) is 43.3 Å². The Morgan fingerprint density at radius 3 is 2.42 bits per heavy atom. The van der Waals surface area contributed by atoms with E-state index in [-0.39, 0.29) is 16.0 Å². The van der Waals surface area contributed by atoms with Crippen LogP contribution in [0.15, 0.2) is 53.4 Å². The van der Waals surface area contributed by atoms with Crippen molar-refractivity contribution in [2.75, 3.05) is 0 Å². The van der Waals surface area contributed by atoms with Crippen LogP contribution in [0, 0.1) is 0 Å². The fourth-order valence-corrected chi connectivity index (χ4v) is 3.41. The molecule has 3 aromatic carbocycles. The normalized spacial score (nSPS) is 14.3. The molecule has 7 heteroatoms. The molecule has 1 atom stereocenters. The van der Waals surface area contributed by atoms with Crippen LogP contribution in [-0.2, 0) is 14.9 Å². The average molecular weight is 373 g/mol. The van der Waals surface area contributed by atoms with E-state index in [1.54, 1.807) is 50.2 Å². The summed E-state index contributed by atoms with van der Waals surface area (Å²) in [6, 6.07) is 13.2. The molecule has 136 valence electrons. The second-order valence-electron chi connectivity index (χ2n) is 6.41. The van der Waals surface area contributed by atoms with E-state index in [0.717, 1.165) is 0 Å². The lowest BCUT2D eigenvalue weighted by Gasteiger charge is -2.22. The molecular formula is C19H19NO5S. The third-order valence-electron chi connectivity index (χ3n) is 4.49. The first-order chi connectivity index (χ1) is 12.1. The van der Waals surface area contributed by atoms with E-state index >= 15 is 0 Å². The number of rotatable bonds is 4. The molecule has 0 aliphatic carbocycles. The molecule has 1 unspecified atom stereocenters. The van der Waals surface area contributed by atoms with Gasteiger partial charge in [0.25, 0.3) is 10.1 Å². The number of benzene rings is 3. The summed E-state index contributed by atoms with van der Waals surface area (Å²) in [6.07, 6.45) is 0.380. The lowest BCUT2D eigenvalue weighted by atomic mass is 10.00. The van der Waals surface area contributed by atoms with Crippen LogP contribution in [0.2, 0.25) is 0 Å². The standard InChI is InChI=1S/C19H19NO5S/c1-3-19(2,20)18(21)25-17-13-8-5-4-7-12(13)11-15-14(17)9-6-10-16(15)26(22,23)24/h4-11H,3,20H2,1-2H3,(H,22,23,24). The maximum absolute atomic E-state index is 12.5. The Labute approximate surface area is 151 Å². The number of carbonyl (C=O) groups is 1. The molecule has 0 fully saturated rings. The van der Waals surface area contributed by atoms with Gasteiger partial charge >= 0.3 is 5.97 Å². The molecule has 3 rings (SSSR count). The van der Waals surface area contributed by atoms with Crippen molar-refractivity contribution in [2.24, 2.45) is 5.73 Å². The molecule has 3 aromatic rings. The molecule has 0 spiro atoms. The first-order valence-electron chi connectivity index (χ1n) is 8.08. The van der Waals surface area contributed by atoms with Gasteiger partial charge in [-0.25, -0.2) is 4.79 Å². The number of ether oxygens (including phenoxy) is 1. The molecule has 0 aromatic heterocycles. The molecule has 0 saturated heterocycles. The molecule has 6 nitrogen and oxygen atoms in total. The maximum Gasteiger partial charge on any atom is 0.331 e. The van der Waals surface area contributed by atoms with E-state index in [0.29, 0.717) is 22.6 Å². The van der Waals surface area contributed by atoms with Crippen molar-refractivity contribution in [1.82, 2.24) is 0 Å². The Bertz CT molecular complexity index is 1120. The Morgan fingerprint density at radius 2 is 1.77 bits per heavy atom. The predicted octanol–water partition coefficient (Wildman–Crippen LogP) is 3.27. The quantitative estimate of drug-likeness (QED) is 0.315. The highest BCUT2D eigenvalue weighted by Gasteiger charge is 2.30. The molecule has 0 saturated carbocycles. The van der Waals surface area contributed by atoms with Gasteiger partial charge in [0.05, 0.1) is 0 Å². The van der Waals surface area contributed by atoms with Crippen molar-refractivity contribution < 1.29 is 22.5 Å². The summed E-state index contributed by atoms with van der Waals surface area (Å²) in [5.74, 6) is -0.395. The SMILES string of the molecule is CCC(C)(N)C(=O)Oc1c2ccccc2cc2c(S(=O)(=O)O)cccc12. The van der Waals surface area contributed by atoms with E-state index in [4.69, 9.17) is 10.5 Å². The van der Waals surface area contributed by atoms with Crippen molar-refractivity contribution in [3.05, 3.63) is 48.5 Å². The van der Waals surface area contributed by atoms with Gasteiger partial charge in [0, 0.05) is 16.2 Å². The Balaban J connectivity index is 2.36. The summed E-state index contributed by atoms with van der Waals surface area (Å²) in [7, 11) is -4.44. The fourth-order valence-electron chi connectivity index (χ4n) is 2.71. The average Bonchev–Trinajstić information content (AvgIpc) is 2.60. The zero-order valence-corrected chi connectivity index (χ0v) is 15.2. The van der Waals surface area contributed by atoms with Crippen molar-refractivity contribution in [2.45, 2.75) is 30.7 Å². The van der Waals surface area contributed by atoms with Gasteiger partial charge in [-0.05, 0) is 30.9 Å². The summed E-state index contributed by atoms with van der Waals surface area (Å²) in [5.41, 5.74) is 4.81. The smallest absolute Gasteiger partial charge is 0.331 e. The van der Waals surface area contributed by atoms with Crippen LogP contribution in [0.3, 0.4) is 0 Å². The Kier molecular flexibility index (Phi) is 4.47. The molecule has 0 aliphatic heterocycles. The van der Waals surface area contributed by atoms with Crippen LogP contribution in [0.25, 0.3) is 21.5 Å². The highest BCUT2D eigenvalue weighted by atomic mass is 32.2. The van der Waals surface area contributed by atoms with E-state index in [9.17, 15) is 17.8 Å². The molecular weight excluding hydrogens is 354 g/mol. The highest BCUT2D eigenvalue weighted by molar-refractivity contribution is 7.86. The Morgan fingerprint density at radius 1 is 1.12 bits per heavy atom. The van der Waals surface area contributed by atoms with Crippen molar-refractivity contribution in [3.8, 4) is 5.75 Å². The summed E-state index contributed by atoms with van der Waals surface area (Å²) >= 11 is 0. The van der Waals surface area contributed by atoms with Gasteiger partial charge in [0.15, 0.2) is 0 Å². The number of fused-ring (bicyclic) bond motifs is 2. The molecule has 0 bridgehead atoms. The number of nitrogens with two attached hydrogens (primary N) is 1. The van der Waals surface area contributed by atoms with Crippen LogP contribution in [0.1, 0.15) is 20.3 Å². The van der Waals surface area contributed by atoms with E-state index in [1.165, 1.54) is 12.1 Å². The Hall–Kier alpha value is -2.48. The van der Waals surface area contributed by atoms with Gasteiger partial charge in [-0.3, -0.25) is 4.55 Å². The lowest BCUT2D eigenvalue weighted by Crippen LogP contribution is -2.46. The zero-order valence-electron chi connectivity index (χ0n) is 14.4. The van der Waals surface area contributed by atoms with E-state index in [1.807, 2.05) is 0 Å². The van der Waals surface area contributed by atoms with Crippen LogP contribution in [0.5, 0.6) is 5.75 Å². The van der Waals surface area contributed by atoms with Crippen LogP contribution in [0.4, 0.5) is 0 Å². The minimum absolute atomic E-state index is 0.221. The van der Waals surface area contributed by atoms with Gasteiger partial charge in [0.2, 0.25) is 0 Å². The van der Waals surface area contributed by atoms with Gasteiger partial charge in [-0.15, -0.1) is 0 Å². The number of carbonyl (C=O) groups excluding carboxylic acids is 1. The fraction of sp³-hybridized carbons (Fsp3) is 0.211. The molecule has 0 aliphatic rings. The largest absolute Gasteiger partial charge is 0.424 e. The zero-order chi connectivity index (χ0) is 19.1. The van der Waals surface area contributed by atoms with E-state index < -0.39 is 21.6 Å². The van der Waals surface area contributed by atoms with Crippen molar-refractivity contribution in [3.63, 3.8) is 0 Å². The third kappa shape index (κ3) is 3.16. The number of esters is 1. The second-order valence-corrected chi connectivity index (χ2v) is 7.80. The van der Waals surface area contributed by atoms with Gasteiger partial charge in [-0.2, -0.15) is 8.42 Å².